The van der Waals surface area contributed by atoms with Crippen molar-refractivity contribution in [3.05, 3.63) is 71.3 Å². The van der Waals surface area contributed by atoms with Gasteiger partial charge < -0.3 is 9.47 Å². The third-order valence-electron chi connectivity index (χ3n) is 5.92. The summed E-state index contributed by atoms with van der Waals surface area (Å²) in [7, 11) is 0. The van der Waals surface area contributed by atoms with E-state index in [1.165, 1.54) is 29.5 Å². The molecule has 26 heavy (non-hydrogen) atoms. The summed E-state index contributed by atoms with van der Waals surface area (Å²) in [6.07, 6.45) is 7.84. The van der Waals surface area contributed by atoms with Gasteiger partial charge in [-0.2, -0.15) is 0 Å². The molecule has 0 N–H and O–H groups in total. The van der Waals surface area contributed by atoms with Crippen molar-refractivity contribution in [1.82, 2.24) is 0 Å². The van der Waals surface area contributed by atoms with E-state index in [2.05, 4.69) is 67.6 Å². The van der Waals surface area contributed by atoms with Gasteiger partial charge in [0, 0.05) is 12.2 Å². The van der Waals surface area contributed by atoms with Crippen LogP contribution in [0.15, 0.2) is 60.2 Å². The van der Waals surface area contributed by atoms with E-state index in [0.29, 0.717) is 5.92 Å². The molecule has 0 atom stereocenters. The van der Waals surface area contributed by atoms with Crippen LogP contribution in [0.2, 0.25) is 0 Å². The van der Waals surface area contributed by atoms with E-state index < -0.39 is 0 Å². The molecule has 1 saturated carbocycles. The summed E-state index contributed by atoms with van der Waals surface area (Å²) in [5, 5.41) is 0. The summed E-state index contributed by atoms with van der Waals surface area (Å²) in [6.45, 7) is 3.60. The summed E-state index contributed by atoms with van der Waals surface area (Å²) < 4.78 is 12.3. The highest BCUT2D eigenvalue weighted by Gasteiger charge is 2.42. The van der Waals surface area contributed by atoms with E-state index in [4.69, 9.17) is 9.47 Å². The summed E-state index contributed by atoms with van der Waals surface area (Å²) in [5.41, 5.74) is 3.95. The maximum Gasteiger partial charge on any atom is 0.130 e. The van der Waals surface area contributed by atoms with E-state index in [1.54, 1.807) is 0 Å². The SMILES string of the molecule is CCOCCC1=Cc2ccccc2OC12CCC(c1ccccc1)CC2. The molecule has 0 radical (unpaired) electrons. The predicted octanol–water partition coefficient (Wildman–Crippen LogP) is 5.99. The van der Waals surface area contributed by atoms with E-state index >= 15 is 0 Å². The molecule has 2 nitrogen and oxygen atoms in total. The summed E-state index contributed by atoms with van der Waals surface area (Å²) in [4.78, 5) is 0. The average molecular weight is 348 g/mol. The Kier molecular flexibility index (Phi) is 5.12. The van der Waals surface area contributed by atoms with Crippen molar-refractivity contribution < 1.29 is 9.47 Å². The van der Waals surface area contributed by atoms with Crippen LogP contribution in [-0.4, -0.2) is 18.8 Å². The number of rotatable bonds is 5. The van der Waals surface area contributed by atoms with Crippen molar-refractivity contribution >= 4 is 6.08 Å². The lowest BCUT2D eigenvalue weighted by Crippen LogP contribution is -2.43. The molecule has 0 amide bonds. The van der Waals surface area contributed by atoms with Crippen LogP contribution in [-0.2, 0) is 4.74 Å². The number of ether oxygens (including phenoxy) is 2. The minimum absolute atomic E-state index is 0.142. The lowest BCUT2D eigenvalue weighted by atomic mass is 9.71. The van der Waals surface area contributed by atoms with Crippen LogP contribution >= 0.6 is 0 Å². The first-order valence-corrected chi connectivity index (χ1v) is 9.92. The molecule has 0 bridgehead atoms. The lowest BCUT2D eigenvalue weighted by Gasteiger charge is -2.44. The Morgan fingerprint density at radius 2 is 1.73 bits per heavy atom. The van der Waals surface area contributed by atoms with Gasteiger partial charge in [0.25, 0.3) is 0 Å². The second kappa shape index (κ2) is 7.67. The highest BCUT2D eigenvalue weighted by molar-refractivity contribution is 5.64. The third kappa shape index (κ3) is 3.43. The molecule has 2 aromatic rings. The van der Waals surface area contributed by atoms with Crippen molar-refractivity contribution in [3.8, 4) is 5.75 Å². The van der Waals surface area contributed by atoms with Crippen molar-refractivity contribution in [1.29, 1.82) is 0 Å². The minimum atomic E-state index is -0.142. The van der Waals surface area contributed by atoms with Crippen LogP contribution < -0.4 is 4.74 Å². The Balaban J connectivity index is 1.56. The van der Waals surface area contributed by atoms with Crippen LogP contribution in [0.4, 0.5) is 0 Å². The van der Waals surface area contributed by atoms with Crippen LogP contribution in [0.3, 0.4) is 0 Å². The molecule has 0 saturated heterocycles. The van der Waals surface area contributed by atoms with Crippen molar-refractivity contribution in [2.24, 2.45) is 0 Å². The second-order valence-corrected chi connectivity index (χ2v) is 7.44. The van der Waals surface area contributed by atoms with E-state index in [0.717, 1.165) is 38.2 Å². The molecule has 1 heterocycles. The van der Waals surface area contributed by atoms with Crippen LogP contribution in [0.25, 0.3) is 6.08 Å². The maximum absolute atomic E-state index is 6.66. The maximum atomic E-state index is 6.66. The topological polar surface area (TPSA) is 18.5 Å². The van der Waals surface area contributed by atoms with Crippen molar-refractivity contribution in [3.63, 3.8) is 0 Å². The molecule has 1 aliphatic carbocycles. The van der Waals surface area contributed by atoms with Gasteiger partial charge in [-0.3, -0.25) is 0 Å². The summed E-state index contributed by atoms with van der Waals surface area (Å²) in [5.74, 6) is 1.68. The lowest BCUT2D eigenvalue weighted by molar-refractivity contribution is 0.0481. The Labute approximate surface area is 156 Å². The fraction of sp³-hybridized carbons (Fsp3) is 0.417. The number of para-hydroxylation sites is 1. The molecule has 4 rings (SSSR count). The van der Waals surface area contributed by atoms with Gasteiger partial charge in [-0.1, -0.05) is 48.5 Å². The number of fused-ring (bicyclic) bond motifs is 1. The average Bonchev–Trinajstić information content (AvgIpc) is 2.70. The zero-order chi connectivity index (χ0) is 17.8. The Bertz CT molecular complexity index is 755. The molecular formula is C24H28O2. The third-order valence-corrected chi connectivity index (χ3v) is 5.92. The molecular weight excluding hydrogens is 320 g/mol. The van der Waals surface area contributed by atoms with Gasteiger partial charge in [0.15, 0.2) is 0 Å². The van der Waals surface area contributed by atoms with Gasteiger partial charge >= 0.3 is 0 Å². The number of hydrogen-bond acceptors (Lipinski definition) is 2. The Morgan fingerprint density at radius 3 is 2.50 bits per heavy atom. The second-order valence-electron chi connectivity index (χ2n) is 7.44. The molecule has 136 valence electrons. The highest BCUT2D eigenvalue weighted by Crippen LogP contribution is 2.48. The van der Waals surface area contributed by atoms with Crippen molar-refractivity contribution in [2.75, 3.05) is 13.2 Å². The molecule has 1 fully saturated rings. The molecule has 0 unspecified atom stereocenters. The van der Waals surface area contributed by atoms with Crippen LogP contribution in [0, 0.1) is 0 Å². The van der Waals surface area contributed by atoms with Crippen molar-refractivity contribution in [2.45, 2.75) is 50.5 Å². The van der Waals surface area contributed by atoms with Gasteiger partial charge in [0.2, 0.25) is 0 Å². The number of hydrogen-bond donors (Lipinski definition) is 0. The highest BCUT2D eigenvalue weighted by atomic mass is 16.5. The van der Waals surface area contributed by atoms with Crippen LogP contribution in [0.5, 0.6) is 5.75 Å². The van der Waals surface area contributed by atoms with E-state index in [9.17, 15) is 0 Å². The summed E-state index contributed by atoms with van der Waals surface area (Å²) >= 11 is 0. The Morgan fingerprint density at radius 1 is 1.00 bits per heavy atom. The first kappa shape index (κ1) is 17.4. The first-order chi connectivity index (χ1) is 12.8. The van der Waals surface area contributed by atoms with Gasteiger partial charge in [-0.15, -0.1) is 0 Å². The van der Waals surface area contributed by atoms with Crippen LogP contribution in [0.1, 0.15) is 56.1 Å². The number of benzene rings is 2. The van der Waals surface area contributed by atoms with Gasteiger partial charge in [0.05, 0.1) is 6.61 Å². The smallest absolute Gasteiger partial charge is 0.130 e. The Hall–Kier alpha value is -2.06. The normalized spacial score (nSPS) is 24.7. The summed E-state index contributed by atoms with van der Waals surface area (Å²) in [6, 6.07) is 19.4. The molecule has 2 aliphatic rings. The fourth-order valence-corrected chi connectivity index (χ4v) is 4.48. The largest absolute Gasteiger partial charge is 0.482 e. The first-order valence-electron chi connectivity index (χ1n) is 9.92. The van der Waals surface area contributed by atoms with E-state index in [-0.39, 0.29) is 5.60 Å². The monoisotopic (exact) mass is 348 g/mol. The quantitative estimate of drug-likeness (QED) is 0.618. The molecule has 1 aliphatic heterocycles. The van der Waals surface area contributed by atoms with Gasteiger partial charge in [-0.05, 0) is 68.2 Å². The zero-order valence-corrected chi connectivity index (χ0v) is 15.6. The molecule has 2 aromatic carbocycles. The zero-order valence-electron chi connectivity index (χ0n) is 15.6. The predicted molar refractivity (Wildman–Crippen MR) is 107 cm³/mol. The molecule has 1 spiro atoms. The van der Waals surface area contributed by atoms with Gasteiger partial charge in [-0.25, -0.2) is 0 Å². The van der Waals surface area contributed by atoms with E-state index in [1.807, 2.05) is 0 Å². The van der Waals surface area contributed by atoms with Gasteiger partial charge in [0.1, 0.15) is 11.4 Å². The molecule has 2 heteroatoms. The molecule has 0 aromatic heterocycles. The minimum Gasteiger partial charge on any atom is -0.482 e. The fourth-order valence-electron chi connectivity index (χ4n) is 4.48. The standard InChI is InChI=1S/C24H28O2/c1-2-25-17-14-22-18-21-10-6-7-11-23(21)26-24(22)15-12-20(13-16-24)19-8-4-3-5-9-19/h3-11,18,20H,2,12-17H2,1H3.